The number of hydrogen-bond acceptors (Lipinski definition) is 17. The van der Waals surface area contributed by atoms with Gasteiger partial charge >= 0.3 is 36.6 Å². The number of amides is 3. The Morgan fingerprint density at radius 3 is 1.14 bits per heavy atom. The Balaban J connectivity index is 0.00000104. The van der Waals surface area contributed by atoms with Crippen molar-refractivity contribution >= 4 is 123 Å². The van der Waals surface area contributed by atoms with Crippen LogP contribution >= 0.6 is 69.6 Å². The maximum atomic E-state index is 12.7. The van der Waals surface area contributed by atoms with Crippen molar-refractivity contribution < 1.29 is 61.9 Å². The minimum Gasteiger partial charge on any atom is -0.456 e. The second-order valence-electron chi connectivity index (χ2n) is 20.1. The summed E-state index contributed by atoms with van der Waals surface area (Å²) in [4.78, 5) is 84.6. The highest BCUT2D eigenvalue weighted by molar-refractivity contribution is 6.36. The molecule has 0 radical (unpaired) electrons. The van der Waals surface area contributed by atoms with Gasteiger partial charge < -0.3 is 38.9 Å². The number of carbonyl (C=O) groups is 6. The van der Waals surface area contributed by atoms with Crippen LogP contribution < -0.4 is 16.0 Å². The highest BCUT2D eigenvalue weighted by Crippen LogP contribution is 2.31. The van der Waals surface area contributed by atoms with Gasteiger partial charge in [0.15, 0.2) is 0 Å². The summed E-state index contributed by atoms with van der Waals surface area (Å²) in [6, 6.07) is 7.08. The van der Waals surface area contributed by atoms with Gasteiger partial charge in [-0.1, -0.05) is 111 Å². The molecule has 0 aliphatic rings. The zero-order chi connectivity index (χ0) is 59.4. The molecule has 0 saturated heterocycles. The number of nitrogens with zero attached hydrogens (tertiary/aromatic N) is 4. The van der Waals surface area contributed by atoms with Crippen molar-refractivity contribution in [1.29, 1.82) is 0 Å². The second-order valence-corrected chi connectivity index (χ2v) is 22.4. The molecule has 3 aromatic rings. The Kier molecular flexibility index (Phi) is 29.0. The van der Waals surface area contributed by atoms with Gasteiger partial charge in [0.1, 0.15) is 70.1 Å². The molecule has 0 bridgehead atoms. The number of nitrogens with one attached hydrogen (secondary N) is 1. The van der Waals surface area contributed by atoms with Crippen LogP contribution in [0.4, 0.5) is 41.0 Å². The van der Waals surface area contributed by atoms with Gasteiger partial charge in [-0.05, 0) is 134 Å². The van der Waals surface area contributed by atoms with Crippen LogP contribution in [0.2, 0.25) is 30.9 Å². The van der Waals surface area contributed by atoms with Crippen LogP contribution in [0.3, 0.4) is 0 Å². The number of hydrogen-bond donors (Lipinski definition) is 2. The zero-order valence-electron chi connectivity index (χ0n) is 46.6. The van der Waals surface area contributed by atoms with Crippen molar-refractivity contribution in [3.63, 3.8) is 0 Å². The summed E-state index contributed by atoms with van der Waals surface area (Å²) in [7, 11) is 0. The van der Waals surface area contributed by atoms with Gasteiger partial charge in [0, 0.05) is 23.9 Å². The van der Waals surface area contributed by atoms with Crippen molar-refractivity contribution in [2.24, 2.45) is 0 Å². The third-order valence-corrected chi connectivity index (χ3v) is 12.2. The lowest BCUT2D eigenvalue weighted by Gasteiger charge is -2.30. The van der Waals surface area contributed by atoms with Crippen molar-refractivity contribution in [2.75, 3.05) is 16.0 Å². The highest BCUT2D eigenvalue weighted by atomic mass is 35.5. The lowest BCUT2D eigenvalue weighted by atomic mass is 10.1. The Hall–Kier alpha value is -4.79. The van der Waals surface area contributed by atoms with Crippen molar-refractivity contribution in [3.8, 4) is 0 Å². The number of carbonyl (C=O) groups excluding carboxylic acids is 6. The number of anilines is 3. The number of ether oxygens (including phenoxy) is 7. The third-order valence-electron chi connectivity index (χ3n) is 11.0. The lowest BCUT2D eigenvalue weighted by molar-refractivity contribution is -0.0402. The molecule has 25 heteroatoms. The Labute approximate surface area is 477 Å². The standard InChI is InChI=1S/2C17H24Cl2N2O4.C12H22O5.C5H4Cl2N2/c1-7-16(3,4)24-14(22)21(15(23)25-17(5,6)8-2)11-9-12(18)20-13(19)10-11;1-7-16(3,4)24-14(22)12-10(9-11(18)21-13(12)19)20-15(23)25-17(5,6)8-2;1-7-11(3,4)16-9(13)15-10(14)17-12(5,6)8-2;6-4-1-3(8)2-5(7)9-4/h9-10H,7-8H2,1-6H3;9H,7-8H2,1-6H3,(H,20,21,23);7-8H2,1-6H3;1-2H,(H2,8,9). The fourth-order valence-corrected chi connectivity index (χ4v) is 5.81. The van der Waals surface area contributed by atoms with E-state index in [2.05, 4.69) is 25.0 Å². The third kappa shape index (κ3) is 28.0. The molecule has 428 valence electrons. The molecule has 3 aromatic heterocycles. The summed E-state index contributed by atoms with van der Waals surface area (Å²) in [5.74, 6) is -0.703. The SMILES string of the molecule is CCC(C)(C)OC(=O)N(C(=O)OC(C)(C)CC)c1cc(Cl)nc(Cl)c1.CCC(C)(C)OC(=O)Nc1cc(Cl)nc(Cl)c1C(=O)OC(C)(C)CC.CCC(C)(C)OC(=O)OC(=O)OC(C)(C)CC.Nc1cc(Cl)nc(Cl)c1. The predicted octanol–water partition coefficient (Wildman–Crippen LogP) is 16.9. The molecule has 0 aliphatic heterocycles. The van der Waals surface area contributed by atoms with E-state index in [4.69, 9.17) is 104 Å². The van der Waals surface area contributed by atoms with E-state index in [1.54, 1.807) is 83.1 Å². The number of rotatable bonds is 15. The summed E-state index contributed by atoms with van der Waals surface area (Å²) in [6.45, 7) is 32.3. The number of nitrogen functional groups attached to an aromatic ring is 1. The van der Waals surface area contributed by atoms with Crippen molar-refractivity contribution in [1.82, 2.24) is 15.0 Å². The van der Waals surface area contributed by atoms with Crippen LogP contribution in [0.25, 0.3) is 0 Å². The Morgan fingerprint density at radius 1 is 0.474 bits per heavy atom. The quantitative estimate of drug-likeness (QED) is 0.0621. The first-order valence-corrected chi connectivity index (χ1v) is 26.3. The fraction of sp³-hybridized carbons (Fsp3) is 0.588. The van der Waals surface area contributed by atoms with Gasteiger partial charge in [0.25, 0.3) is 0 Å². The molecule has 0 fully saturated rings. The number of halogens is 6. The fourth-order valence-electron chi connectivity index (χ4n) is 4.37. The number of aromatic nitrogens is 3. The van der Waals surface area contributed by atoms with E-state index < -0.39 is 70.2 Å². The van der Waals surface area contributed by atoms with E-state index in [-0.39, 0.29) is 37.6 Å². The molecule has 19 nitrogen and oxygen atoms in total. The van der Waals surface area contributed by atoms with Crippen LogP contribution in [0.5, 0.6) is 0 Å². The van der Waals surface area contributed by atoms with E-state index in [0.29, 0.717) is 54.5 Å². The molecule has 0 spiro atoms. The number of esters is 1. The minimum atomic E-state index is -1.03. The molecule has 0 aliphatic carbocycles. The number of pyridine rings is 3. The maximum absolute atomic E-state index is 12.7. The minimum absolute atomic E-state index is 0.0290. The summed E-state index contributed by atoms with van der Waals surface area (Å²) in [5.41, 5.74) is 1.85. The highest BCUT2D eigenvalue weighted by Gasteiger charge is 2.35. The van der Waals surface area contributed by atoms with Gasteiger partial charge in [-0.3, -0.25) is 5.32 Å². The molecule has 0 saturated carbocycles. The van der Waals surface area contributed by atoms with Gasteiger partial charge in [0.2, 0.25) is 0 Å². The van der Waals surface area contributed by atoms with E-state index in [9.17, 15) is 28.8 Å². The smallest absolute Gasteiger partial charge is 0.456 e. The number of nitrogens with two attached hydrogens (primary N) is 1. The summed E-state index contributed by atoms with van der Waals surface area (Å²) in [5, 5.41) is 3.09. The first-order chi connectivity index (χ1) is 34.6. The Bertz CT molecular complexity index is 2330. The lowest BCUT2D eigenvalue weighted by Crippen LogP contribution is -2.44. The molecule has 3 rings (SSSR count). The average Bonchev–Trinajstić information content (AvgIpc) is 3.25. The largest absolute Gasteiger partial charge is 0.519 e. The van der Waals surface area contributed by atoms with E-state index in [0.717, 1.165) is 4.90 Å². The van der Waals surface area contributed by atoms with Gasteiger partial charge in [-0.25, -0.2) is 43.7 Å². The molecule has 0 atom stereocenters. The topological polar surface area (TPSA) is 247 Å². The Morgan fingerprint density at radius 2 is 0.789 bits per heavy atom. The normalized spacial score (nSPS) is 11.6. The van der Waals surface area contributed by atoms with Crippen molar-refractivity contribution in [3.05, 3.63) is 66.8 Å². The van der Waals surface area contributed by atoms with Gasteiger partial charge in [0.05, 0.1) is 11.4 Å². The van der Waals surface area contributed by atoms with Crippen molar-refractivity contribution in [2.45, 2.75) is 197 Å². The molecule has 3 N–H and O–H groups in total. The van der Waals surface area contributed by atoms with E-state index in [1.807, 2.05) is 41.5 Å². The summed E-state index contributed by atoms with van der Waals surface area (Å²) < 4.78 is 35.9. The predicted molar refractivity (Wildman–Crippen MR) is 298 cm³/mol. The first-order valence-electron chi connectivity index (χ1n) is 24.0. The molecular weight excluding hydrogens is 1120 g/mol. The van der Waals surface area contributed by atoms with Gasteiger partial charge in [-0.15, -0.1) is 0 Å². The molecule has 3 amide bonds. The molecule has 0 unspecified atom stereocenters. The molecule has 76 heavy (non-hydrogen) atoms. The maximum Gasteiger partial charge on any atom is 0.519 e. The summed E-state index contributed by atoms with van der Waals surface area (Å²) in [6.07, 6.45) is -0.930. The second kappa shape index (κ2) is 31.0. The van der Waals surface area contributed by atoms with Crippen LogP contribution in [0, 0.1) is 0 Å². The van der Waals surface area contributed by atoms with Crippen LogP contribution in [0.1, 0.15) is 174 Å². The molecule has 3 heterocycles. The van der Waals surface area contributed by atoms with Crippen LogP contribution in [-0.2, 0) is 33.2 Å². The van der Waals surface area contributed by atoms with Crippen LogP contribution in [0.15, 0.2) is 30.3 Å². The van der Waals surface area contributed by atoms with Gasteiger partial charge in [-0.2, -0.15) is 4.90 Å². The van der Waals surface area contributed by atoms with E-state index in [1.165, 1.54) is 30.3 Å². The average molecular weight is 1190 g/mol. The first kappa shape index (κ1) is 71.2. The number of imide groups is 1. The summed E-state index contributed by atoms with van der Waals surface area (Å²) >= 11 is 34.7. The zero-order valence-corrected chi connectivity index (χ0v) is 51.1. The molecule has 0 aromatic carbocycles. The monoisotopic (exact) mass is 1190 g/mol. The van der Waals surface area contributed by atoms with Crippen LogP contribution in [-0.4, -0.2) is 85.1 Å². The molecular formula is C51H74Cl6N6O13. The van der Waals surface area contributed by atoms with E-state index >= 15 is 0 Å².